The van der Waals surface area contributed by atoms with Gasteiger partial charge in [0.2, 0.25) is 0 Å². The van der Waals surface area contributed by atoms with E-state index in [1.165, 1.54) is 6.33 Å². The number of nitrogens with two attached hydrogens (primary N) is 1. The highest BCUT2D eigenvalue weighted by Gasteiger charge is 2.26. The minimum Gasteiger partial charge on any atom is -0.465 e. The number of fused-ring (bicyclic) bond motifs is 1. The van der Waals surface area contributed by atoms with Gasteiger partial charge < -0.3 is 19.7 Å². The largest absolute Gasteiger partial charge is 0.465 e. The number of carbonyl (C=O) groups is 1. The number of imidazole rings is 1. The molecule has 0 fully saturated rings. The third-order valence-electron chi connectivity index (χ3n) is 5.12. The molecular weight excluding hydrogens is 455 g/mol. The number of nitrogens with one attached hydrogen (secondary N) is 1. The number of carbonyl (C=O) groups excluding carboxylic acids is 1. The molecule has 3 aromatic rings. The highest BCUT2D eigenvalue weighted by Crippen LogP contribution is 2.37. The minimum atomic E-state index is -1.34. The van der Waals surface area contributed by atoms with Gasteiger partial charge in [-0.05, 0) is 45.4 Å². The van der Waals surface area contributed by atoms with Crippen LogP contribution in [0.1, 0.15) is 34.1 Å². The summed E-state index contributed by atoms with van der Waals surface area (Å²) in [5.41, 5.74) is 6.43. The molecule has 182 valence electrons. The van der Waals surface area contributed by atoms with Gasteiger partial charge in [-0.3, -0.25) is 9.36 Å². The molecule has 3 atom stereocenters. The Kier molecular flexibility index (Phi) is 8.92. The van der Waals surface area contributed by atoms with Gasteiger partial charge in [0.15, 0.2) is 25.3 Å². The first kappa shape index (κ1) is 25.6. The van der Waals surface area contributed by atoms with Crippen molar-refractivity contribution in [2.75, 3.05) is 18.7 Å². The second-order valence-corrected chi connectivity index (χ2v) is 9.18. The second-order valence-electron chi connectivity index (χ2n) is 7.72. The van der Waals surface area contributed by atoms with Crippen LogP contribution in [-0.2, 0) is 14.3 Å². The number of anilines is 1. The van der Waals surface area contributed by atoms with Gasteiger partial charge in [-0.1, -0.05) is 25.1 Å². The second kappa shape index (κ2) is 11.9. The summed E-state index contributed by atoms with van der Waals surface area (Å²) >= 11 is 0. The number of nitrogen functional groups attached to an aromatic ring is 1. The molecule has 3 rings (SSSR count). The molecule has 2 heterocycles. The molecule has 0 radical (unpaired) electrons. The molecule has 0 aliphatic heterocycles. The molecule has 0 saturated carbocycles. The van der Waals surface area contributed by atoms with Crippen molar-refractivity contribution < 1.29 is 18.8 Å². The highest BCUT2D eigenvalue weighted by molar-refractivity contribution is 7.50. The standard InChI is InChI=1S/C23H31N6O4P/c1-5-23(4,12-13-29-15-27-19-20(24)25-14-26-21(19)29)32-16-34(28-17(3)22(30)31-6-2)33-18-10-8-7-9-11-18/h7-15,17,28H,5-6,16H2,1-4H3,(H2,24,25,26)/b13-12-/t17?,23-,34?/m0/s1. The van der Waals surface area contributed by atoms with Gasteiger partial charge >= 0.3 is 5.97 Å². The molecule has 3 N–H and O–H groups in total. The lowest BCUT2D eigenvalue weighted by Gasteiger charge is -2.29. The van der Waals surface area contributed by atoms with Crippen molar-refractivity contribution in [3.8, 4) is 5.75 Å². The van der Waals surface area contributed by atoms with E-state index in [1.54, 1.807) is 24.7 Å². The summed E-state index contributed by atoms with van der Waals surface area (Å²) in [6.07, 6.45) is 7.79. The lowest BCUT2D eigenvalue weighted by molar-refractivity contribution is -0.144. The van der Waals surface area contributed by atoms with Crippen LogP contribution < -0.4 is 15.3 Å². The van der Waals surface area contributed by atoms with Crippen LogP contribution in [0.25, 0.3) is 17.4 Å². The molecule has 2 unspecified atom stereocenters. The highest BCUT2D eigenvalue weighted by atomic mass is 31.2. The topological polar surface area (TPSA) is 126 Å². The Morgan fingerprint density at radius 3 is 2.74 bits per heavy atom. The van der Waals surface area contributed by atoms with Crippen LogP contribution in [0.2, 0.25) is 0 Å². The van der Waals surface area contributed by atoms with Crippen molar-refractivity contribution in [2.45, 2.75) is 45.8 Å². The average Bonchev–Trinajstić information content (AvgIpc) is 3.26. The van der Waals surface area contributed by atoms with Crippen molar-refractivity contribution in [3.05, 3.63) is 49.1 Å². The fourth-order valence-electron chi connectivity index (χ4n) is 2.93. The smallest absolute Gasteiger partial charge is 0.323 e. The molecule has 0 saturated heterocycles. The van der Waals surface area contributed by atoms with Crippen LogP contribution in [-0.4, -0.2) is 50.1 Å². The van der Waals surface area contributed by atoms with Crippen molar-refractivity contribution >= 4 is 37.5 Å². The lowest BCUT2D eigenvalue weighted by Crippen LogP contribution is -2.35. The zero-order valence-electron chi connectivity index (χ0n) is 19.8. The first-order chi connectivity index (χ1) is 16.3. The van der Waals surface area contributed by atoms with Crippen LogP contribution in [0.4, 0.5) is 5.82 Å². The Morgan fingerprint density at radius 2 is 2.03 bits per heavy atom. The van der Waals surface area contributed by atoms with Gasteiger partial charge in [0.05, 0.1) is 12.2 Å². The van der Waals surface area contributed by atoms with E-state index in [9.17, 15) is 4.79 Å². The van der Waals surface area contributed by atoms with Gasteiger partial charge in [0, 0.05) is 6.20 Å². The molecule has 10 nitrogen and oxygen atoms in total. The van der Waals surface area contributed by atoms with E-state index in [0.29, 0.717) is 35.8 Å². The zero-order chi connectivity index (χ0) is 24.6. The minimum absolute atomic E-state index is 0.252. The summed E-state index contributed by atoms with van der Waals surface area (Å²) in [4.78, 5) is 24.7. The van der Waals surface area contributed by atoms with E-state index >= 15 is 0 Å². The van der Waals surface area contributed by atoms with Gasteiger partial charge in [-0.2, -0.15) is 0 Å². The molecule has 34 heavy (non-hydrogen) atoms. The number of ether oxygens (including phenoxy) is 2. The average molecular weight is 487 g/mol. The van der Waals surface area contributed by atoms with E-state index in [1.807, 2.05) is 56.5 Å². The summed E-state index contributed by atoms with van der Waals surface area (Å²) in [5.74, 6) is 0.687. The molecule has 2 aromatic heterocycles. The molecule has 0 amide bonds. The Hall–Kier alpha value is -3.07. The van der Waals surface area contributed by atoms with Gasteiger partial charge in [0.1, 0.15) is 30.8 Å². The maximum absolute atomic E-state index is 12.1. The van der Waals surface area contributed by atoms with Crippen LogP contribution >= 0.6 is 8.30 Å². The van der Waals surface area contributed by atoms with Crippen LogP contribution in [0, 0.1) is 0 Å². The predicted octanol–water partition coefficient (Wildman–Crippen LogP) is 3.95. The lowest BCUT2D eigenvalue weighted by atomic mass is 10.0. The van der Waals surface area contributed by atoms with Gasteiger partial charge in [-0.15, -0.1) is 0 Å². The fourth-order valence-corrected chi connectivity index (χ4v) is 4.43. The molecule has 0 spiro atoms. The molecular formula is C23H31N6O4P. The molecule has 0 bridgehead atoms. The maximum atomic E-state index is 12.1. The first-order valence-electron chi connectivity index (χ1n) is 11.0. The van der Waals surface area contributed by atoms with Gasteiger partial charge in [0.25, 0.3) is 0 Å². The third kappa shape index (κ3) is 6.72. The molecule has 0 aliphatic rings. The number of esters is 1. The summed E-state index contributed by atoms with van der Waals surface area (Å²) < 4.78 is 19.3. The van der Waals surface area contributed by atoms with E-state index in [-0.39, 0.29) is 12.3 Å². The SMILES string of the molecule is CCOC(=O)C(C)NP(CO[C@](C)(/C=C\n1cnc2c(N)ncnc21)CC)Oc1ccccc1. The monoisotopic (exact) mass is 486 g/mol. The number of nitrogens with zero attached hydrogens (tertiary/aromatic N) is 4. The van der Waals surface area contributed by atoms with Crippen LogP contribution in [0.5, 0.6) is 5.75 Å². The Labute approximate surface area is 200 Å². The summed E-state index contributed by atoms with van der Waals surface area (Å²) in [6.45, 7) is 7.86. The number of hydrogen-bond donors (Lipinski definition) is 2. The number of para-hydroxylation sites is 1. The third-order valence-corrected chi connectivity index (χ3v) is 6.60. The van der Waals surface area contributed by atoms with E-state index in [2.05, 4.69) is 20.0 Å². The Bertz CT molecular complexity index is 1110. The van der Waals surface area contributed by atoms with E-state index < -0.39 is 19.9 Å². The summed E-state index contributed by atoms with van der Waals surface area (Å²) in [5, 5.41) is 3.22. The van der Waals surface area contributed by atoms with Crippen LogP contribution in [0.3, 0.4) is 0 Å². The fraction of sp³-hybridized carbons (Fsp3) is 0.391. The Balaban J connectivity index is 1.72. The van der Waals surface area contributed by atoms with Crippen molar-refractivity contribution in [1.82, 2.24) is 24.6 Å². The molecule has 11 heteroatoms. The predicted molar refractivity (Wildman–Crippen MR) is 133 cm³/mol. The van der Waals surface area contributed by atoms with Crippen molar-refractivity contribution in [3.63, 3.8) is 0 Å². The van der Waals surface area contributed by atoms with Crippen LogP contribution in [0.15, 0.2) is 49.1 Å². The zero-order valence-corrected chi connectivity index (χ0v) is 20.7. The first-order valence-corrected chi connectivity index (χ1v) is 12.5. The molecule has 1 aromatic carbocycles. The normalized spacial score (nSPS) is 15.2. The van der Waals surface area contributed by atoms with E-state index in [0.717, 1.165) is 0 Å². The summed E-state index contributed by atoms with van der Waals surface area (Å²) in [6, 6.07) is 8.89. The van der Waals surface area contributed by atoms with Crippen molar-refractivity contribution in [2.24, 2.45) is 0 Å². The number of hydrogen-bond acceptors (Lipinski definition) is 9. The van der Waals surface area contributed by atoms with Crippen molar-refractivity contribution in [1.29, 1.82) is 0 Å². The Morgan fingerprint density at radius 1 is 1.26 bits per heavy atom. The number of aromatic nitrogens is 4. The van der Waals surface area contributed by atoms with E-state index in [4.69, 9.17) is 19.7 Å². The molecule has 0 aliphatic carbocycles. The summed E-state index contributed by atoms with van der Waals surface area (Å²) in [7, 11) is -1.34. The quantitative estimate of drug-likeness (QED) is 0.289. The number of rotatable bonds is 12. The maximum Gasteiger partial charge on any atom is 0.323 e. The van der Waals surface area contributed by atoms with Gasteiger partial charge in [-0.25, -0.2) is 20.0 Å². The number of benzene rings is 1.